The van der Waals surface area contributed by atoms with E-state index >= 15 is 0 Å². The molecule has 0 aliphatic carbocycles. The molecule has 0 radical (unpaired) electrons. The van der Waals surface area contributed by atoms with Crippen molar-refractivity contribution in [1.29, 1.82) is 0 Å². The summed E-state index contributed by atoms with van der Waals surface area (Å²) in [6.45, 7) is 1.87. The zero-order chi connectivity index (χ0) is 17.9. The highest BCUT2D eigenvalue weighted by atomic mass is 19.1. The maximum absolute atomic E-state index is 13.3. The first-order valence-electron chi connectivity index (χ1n) is 8.70. The minimum Gasteiger partial charge on any atom is -0.348 e. The number of amides is 1. The third kappa shape index (κ3) is 3.39. The Kier molecular flexibility index (Phi) is 4.54. The van der Waals surface area contributed by atoms with Crippen LogP contribution in [-0.2, 0) is 11.3 Å². The highest BCUT2D eigenvalue weighted by molar-refractivity contribution is 5.92. The van der Waals surface area contributed by atoms with E-state index in [0.29, 0.717) is 5.69 Å². The summed E-state index contributed by atoms with van der Waals surface area (Å²) in [5, 5.41) is 2.79. The maximum atomic E-state index is 13.3. The van der Waals surface area contributed by atoms with Gasteiger partial charge in [-0.2, -0.15) is 0 Å². The van der Waals surface area contributed by atoms with Crippen molar-refractivity contribution in [1.82, 2.24) is 9.47 Å². The topological polar surface area (TPSA) is 37.3 Å². The lowest BCUT2D eigenvalue weighted by molar-refractivity contribution is -0.117. The van der Waals surface area contributed by atoms with Gasteiger partial charge in [-0.15, -0.1) is 0 Å². The second kappa shape index (κ2) is 7.14. The molecule has 1 amide bonds. The second-order valence-electron chi connectivity index (χ2n) is 6.47. The molecule has 1 aliphatic rings. The van der Waals surface area contributed by atoms with Gasteiger partial charge in [-0.1, -0.05) is 36.4 Å². The van der Waals surface area contributed by atoms with Crippen LogP contribution in [0.4, 0.5) is 10.1 Å². The van der Waals surface area contributed by atoms with E-state index in [0.717, 1.165) is 18.7 Å². The molecule has 0 spiro atoms. The summed E-state index contributed by atoms with van der Waals surface area (Å²) >= 11 is 0. The molecule has 0 saturated heterocycles. The van der Waals surface area contributed by atoms with Crippen molar-refractivity contribution in [3.05, 3.63) is 90.0 Å². The molecular weight excluding hydrogens is 329 g/mol. The largest absolute Gasteiger partial charge is 0.348 e. The van der Waals surface area contributed by atoms with E-state index in [1.165, 1.54) is 17.8 Å². The minimum atomic E-state index is -0.360. The van der Waals surface area contributed by atoms with E-state index < -0.39 is 0 Å². The number of nitrogens with one attached hydrogen (secondary N) is 1. The van der Waals surface area contributed by atoms with Crippen molar-refractivity contribution in [2.75, 3.05) is 18.4 Å². The van der Waals surface area contributed by atoms with Gasteiger partial charge >= 0.3 is 0 Å². The van der Waals surface area contributed by atoms with E-state index in [1.807, 2.05) is 24.3 Å². The van der Waals surface area contributed by atoms with Crippen LogP contribution in [0.25, 0.3) is 0 Å². The van der Waals surface area contributed by atoms with Crippen LogP contribution in [0.15, 0.2) is 72.9 Å². The Balaban J connectivity index is 1.56. The summed E-state index contributed by atoms with van der Waals surface area (Å²) in [7, 11) is 0. The van der Waals surface area contributed by atoms with Crippen LogP contribution >= 0.6 is 0 Å². The fraction of sp³-hybridized carbons (Fsp3) is 0.190. The molecule has 2 aromatic carbocycles. The SMILES string of the molecule is O=C(CN1CCn2cccc2C1c1ccccc1)Nc1cccc(F)c1. The van der Waals surface area contributed by atoms with Gasteiger partial charge in [0.1, 0.15) is 5.82 Å². The number of benzene rings is 2. The van der Waals surface area contributed by atoms with E-state index in [2.05, 4.69) is 39.2 Å². The molecular formula is C21H20FN3O. The summed E-state index contributed by atoms with van der Waals surface area (Å²) in [4.78, 5) is 14.7. The normalized spacial score (nSPS) is 16.9. The Morgan fingerprint density at radius 2 is 1.88 bits per heavy atom. The highest BCUT2D eigenvalue weighted by Crippen LogP contribution is 2.32. The van der Waals surface area contributed by atoms with Crippen molar-refractivity contribution in [3.8, 4) is 0 Å². The highest BCUT2D eigenvalue weighted by Gasteiger charge is 2.29. The number of halogens is 1. The fourth-order valence-corrected chi connectivity index (χ4v) is 3.57. The Labute approximate surface area is 151 Å². The van der Waals surface area contributed by atoms with Gasteiger partial charge in [0, 0.05) is 30.7 Å². The van der Waals surface area contributed by atoms with Crippen LogP contribution in [0.1, 0.15) is 17.3 Å². The predicted molar refractivity (Wildman–Crippen MR) is 99.3 cm³/mol. The molecule has 0 fully saturated rings. The molecule has 1 aromatic heterocycles. The zero-order valence-electron chi connectivity index (χ0n) is 14.3. The van der Waals surface area contributed by atoms with Crippen LogP contribution in [0.3, 0.4) is 0 Å². The number of carbonyl (C=O) groups excluding carboxylic acids is 1. The first kappa shape index (κ1) is 16.5. The molecule has 3 aromatic rings. The number of nitrogens with zero attached hydrogens (tertiary/aromatic N) is 2. The summed E-state index contributed by atoms with van der Waals surface area (Å²) in [6, 6.07) is 20.3. The van der Waals surface area contributed by atoms with Crippen molar-refractivity contribution >= 4 is 11.6 Å². The number of hydrogen-bond acceptors (Lipinski definition) is 2. The number of rotatable bonds is 4. The smallest absolute Gasteiger partial charge is 0.238 e. The molecule has 1 aliphatic heterocycles. The van der Waals surface area contributed by atoms with Gasteiger partial charge in [-0.3, -0.25) is 9.69 Å². The zero-order valence-corrected chi connectivity index (χ0v) is 14.3. The minimum absolute atomic E-state index is 0.0261. The van der Waals surface area contributed by atoms with Gasteiger partial charge in [-0.05, 0) is 35.9 Å². The van der Waals surface area contributed by atoms with Gasteiger partial charge in [0.2, 0.25) is 5.91 Å². The maximum Gasteiger partial charge on any atom is 0.238 e. The number of hydrogen-bond donors (Lipinski definition) is 1. The summed E-state index contributed by atoms with van der Waals surface area (Å²) < 4.78 is 15.6. The van der Waals surface area contributed by atoms with Crippen LogP contribution in [0.5, 0.6) is 0 Å². The molecule has 1 atom stereocenters. The first-order chi connectivity index (χ1) is 12.7. The average molecular weight is 349 g/mol. The van der Waals surface area contributed by atoms with Gasteiger partial charge in [0.15, 0.2) is 0 Å². The van der Waals surface area contributed by atoms with Crippen LogP contribution in [0.2, 0.25) is 0 Å². The number of carbonyl (C=O) groups is 1. The van der Waals surface area contributed by atoms with Crippen molar-refractivity contribution in [2.45, 2.75) is 12.6 Å². The second-order valence-corrected chi connectivity index (χ2v) is 6.47. The lowest BCUT2D eigenvalue weighted by Crippen LogP contribution is -2.42. The summed E-state index contributed by atoms with van der Waals surface area (Å²) in [6.07, 6.45) is 2.08. The molecule has 1 N–H and O–H groups in total. The standard InChI is InChI=1S/C21H20FN3O/c22-17-8-4-9-18(14-17)23-20(26)15-25-13-12-24-11-5-10-19(24)21(25)16-6-2-1-3-7-16/h1-11,14,21H,12-13,15H2,(H,23,26). The Bertz CT molecular complexity index is 906. The van der Waals surface area contributed by atoms with Crippen molar-refractivity contribution < 1.29 is 9.18 Å². The van der Waals surface area contributed by atoms with Crippen LogP contribution in [-0.4, -0.2) is 28.5 Å². The lowest BCUT2D eigenvalue weighted by Gasteiger charge is -2.36. The third-order valence-corrected chi connectivity index (χ3v) is 4.71. The lowest BCUT2D eigenvalue weighted by atomic mass is 10.00. The van der Waals surface area contributed by atoms with E-state index in [1.54, 1.807) is 12.1 Å². The summed E-state index contributed by atoms with van der Waals surface area (Å²) in [5.41, 5.74) is 2.82. The van der Waals surface area contributed by atoms with E-state index in [-0.39, 0.29) is 24.3 Å². The predicted octanol–water partition coefficient (Wildman–Crippen LogP) is 3.67. The fourth-order valence-electron chi connectivity index (χ4n) is 3.57. The van der Waals surface area contributed by atoms with Gasteiger partial charge in [-0.25, -0.2) is 4.39 Å². The van der Waals surface area contributed by atoms with Gasteiger partial charge in [0.25, 0.3) is 0 Å². The quantitative estimate of drug-likeness (QED) is 0.780. The Morgan fingerprint density at radius 1 is 1.04 bits per heavy atom. The van der Waals surface area contributed by atoms with E-state index in [4.69, 9.17) is 0 Å². The summed E-state index contributed by atoms with van der Waals surface area (Å²) in [5.74, 6) is -0.503. The molecule has 132 valence electrons. The third-order valence-electron chi connectivity index (χ3n) is 4.71. The Morgan fingerprint density at radius 3 is 2.69 bits per heavy atom. The molecule has 5 heteroatoms. The van der Waals surface area contributed by atoms with Gasteiger partial charge in [0.05, 0.1) is 12.6 Å². The number of anilines is 1. The number of fused-ring (bicyclic) bond motifs is 1. The molecule has 26 heavy (non-hydrogen) atoms. The van der Waals surface area contributed by atoms with Crippen molar-refractivity contribution in [2.24, 2.45) is 0 Å². The molecule has 1 unspecified atom stereocenters. The van der Waals surface area contributed by atoms with Crippen molar-refractivity contribution in [3.63, 3.8) is 0 Å². The van der Waals surface area contributed by atoms with Gasteiger partial charge < -0.3 is 9.88 Å². The van der Waals surface area contributed by atoms with Crippen LogP contribution < -0.4 is 5.32 Å². The number of aromatic nitrogens is 1. The molecule has 4 rings (SSSR count). The molecule has 0 bridgehead atoms. The average Bonchev–Trinajstić information content (AvgIpc) is 3.11. The first-order valence-corrected chi connectivity index (χ1v) is 8.70. The Hall–Kier alpha value is -2.92. The monoisotopic (exact) mass is 349 g/mol. The molecule has 4 nitrogen and oxygen atoms in total. The van der Waals surface area contributed by atoms with E-state index in [9.17, 15) is 9.18 Å². The molecule has 2 heterocycles. The molecule has 0 saturated carbocycles. The van der Waals surface area contributed by atoms with Crippen LogP contribution in [0, 0.1) is 5.82 Å².